The third-order valence-corrected chi connectivity index (χ3v) is 2.53. The fourth-order valence-electron chi connectivity index (χ4n) is 1.16. The van der Waals surface area contributed by atoms with Crippen LogP contribution >= 0.6 is 15.9 Å². The summed E-state index contributed by atoms with van der Waals surface area (Å²) in [5.41, 5.74) is 0.108. The van der Waals surface area contributed by atoms with Crippen LogP contribution in [0.2, 0.25) is 0 Å². The van der Waals surface area contributed by atoms with E-state index in [1.807, 2.05) is 0 Å². The molecular formula is C11H13BrFNO. The Hall–Kier alpha value is -0.900. The topological polar surface area (TPSA) is 29.1 Å². The molecule has 0 spiro atoms. The van der Waals surface area contributed by atoms with E-state index in [1.165, 1.54) is 12.1 Å². The Morgan fingerprint density at radius 1 is 1.33 bits per heavy atom. The molecule has 0 bridgehead atoms. The number of benzene rings is 1. The van der Waals surface area contributed by atoms with Crippen LogP contribution in [0.1, 0.15) is 23.2 Å². The van der Waals surface area contributed by atoms with Crippen LogP contribution in [0, 0.1) is 5.82 Å². The first-order valence-electron chi connectivity index (χ1n) is 4.84. The zero-order valence-electron chi connectivity index (χ0n) is 8.30. The number of nitrogens with one attached hydrogen (secondary N) is 1. The average Bonchev–Trinajstić information content (AvgIpc) is 2.25. The van der Waals surface area contributed by atoms with Crippen LogP contribution in [0.5, 0.6) is 0 Å². The van der Waals surface area contributed by atoms with Gasteiger partial charge in [0.25, 0.3) is 5.91 Å². The molecule has 0 aliphatic rings. The van der Waals surface area contributed by atoms with Gasteiger partial charge in [0, 0.05) is 11.9 Å². The van der Waals surface area contributed by atoms with Gasteiger partial charge in [0.1, 0.15) is 5.82 Å². The van der Waals surface area contributed by atoms with E-state index in [9.17, 15) is 9.18 Å². The van der Waals surface area contributed by atoms with Gasteiger partial charge in [-0.25, -0.2) is 4.39 Å². The standard InChI is InChI=1S/C11H13BrFNO/c12-7-3-4-8-14-11(15)9-5-1-2-6-10(9)13/h1-2,5-6H,3-4,7-8H2,(H,14,15). The second-order valence-corrected chi connectivity index (χ2v) is 3.92. The fourth-order valence-corrected chi connectivity index (χ4v) is 1.56. The number of carbonyl (C=O) groups excluding carboxylic acids is 1. The highest BCUT2D eigenvalue weighted by molar-refractivity contribution is 9.09. The minimum Gasteiger partial charge on any atom is -0.352 e. The first-order chi connectivity index (χ1) is 7.25. The van der Waals surface area contributed by atoms with E-state index in [1.54, 1.807) is 12.1 Å². The van der Waals surface area contributed by atoms with E-state index < -0.39 is 5.82 Å². The van der Waals surface area contributed by atoms with Crippen molar-refractivity contribution in [2.24, 2.45) is 0 Å². The summed E-state index contributed by atoms with van der Waals surface area (Å²) >= 11 is 3.30. The summed E-state index contributed by atoms with van der Waals surface area (Å²) < 4.78 is 13.1. The van der Waals surface area contributed by atoms with E-state index >= 15 is 0 Å². The molecule has 0 fully saturated rings. The van der Waals surface area contributed by atoms with E-state index in [0.29, 0.717) is 6.54 Å². The Kier molecular flexibility index (Phi) is 5.32. The zero-order valence-corrected chi connectivity index (χ0v) is 9.89. The van der Waals surface area contributed by atoms with Crippen molar-refractivity contribution in [3.8, 4) is 0 Å². The van der Waals surface area contributed by atoms with Gasteiger partial charge >= 0.3 is 0 Å². The van der Waals surface area contributed by atoms with Crippen molar-refractivity contribution < 1.29 is 9.18 Å². The number of unbranched alkanes of at least 4 members (excludes halogenated alkanes) is 1. The summed E-state index contributed by atoms with van der Waals surface area (Å²) in [7, 11) is 0. The maximum Gasteiger partial charge on any atom is 0.254 e. The quantitative estimate of drug-likeness (QED) is 0.649. The highest BCUT2D eigenvalue weighted by Gasteiger charge is 2.08. The maximum absolute atomic E-state index is 13.1. The van der Waals surface area contributed by atoms with Gasteiger partial charge in [-0.1, -0.05) is 28.1 Å². The zero-order chi connectivity index (χ0) is 11.1. The smallest absolute Gasteiger partial charge is 0.254 e. The van der Waals surface area contributed by atoms with Gasteiger partial charge in [-0.05, 0) is 25.0 Å². The summed E-state index contributed by atoms with van der Waals surface area (Å²) in [6.07, 6.45) is 1.89. The lowest BCUT2D eigenvalue weighted by Crippen LogP contribution is -2.25. The summed E-state index contributed by atoms with van der Waals surface area (Å²) in [6.45, 7) is 0.582. The Morgan fingerprint density at radius 3 is 2.73 bits per heavy atom. The summed E-state index contributed by atoms with van der Waals surface area (Å²) in [5, 5.41) is 3.59. The van der Waals surface area contributed by atoms with Gasteiger partial charge in [0.05, 0.1) is 5.56 Å². The van der Waals surface area contributed by atoms with Crippen LogP contribution in [-0.2, 0) is 0 Å². The van der Waals surface area contributed by atoms with Crippen LogP contribution in [0.4, 0.5) is 4.39 Å². The Labute approximate surface area is 97.0 Å². The van der Waals surface area contributed by atoms with Gasteiger partial charge in [-0.3, -0.25) is 4.79 Å². The number of hydrogen-bond donors (Lipinski definition) is 1. The lowest BCUT2D eigenvalue weighted by Gasteiger charge is -2.04. The molecule has 1 rings (SSSR count). The second-order valence-electron chi connectivity index (χ2n) is 3.13. The van der Waals surface area contributed by atoms with E-state index in [0.717, 1.165) is 18.2 Å². The molecule has 1 aromatic rings. The van der Waals surface area contributed by atoms with Gasteiger partial charge in [-0.15, -0.1) is 0 Å². The number of halogens is 2. The molecule has 0 heterocycles. The monoisotopic (exact) mass is 273 g/mol. The van der Waals surface area contributed by atoms with Crippen molar-refractivity contribution in [2.45, 2.75) is 12.8 Å². The molecule has 0 aliphatic carbocycles. The minimum atomic E-state index is -0.476. The molecule has 1 N–H and O–H groups in total. The van der Waals surface area contributed by atoms with Crippen molar-refractivity contribution in [3.63, 3.8) is 0 Å². The molecule has 0 saturated carbocycles. The molecule has 0 saturated heterocycles. The first-order valence-corrected chi connectivity index (χ1v) is 5.96. The molecule has 0 aliphatic heterocycles. The number of amides is 1. The summed E-state index contributed by atoms with van der Waals surface area (Å²) in [6, 6.07) is 5.98. The fraction of sp³-hybridized carbons (Fsp3) is 0.364. The molecule has 1 aromatic carbocycles. The first kappa shape index (κ1) is 12.2. The lowest BCUT2D eigenvalue weighted by molar-refractivity contribution is 0.0949. The molecule has 0 unspecified atom stereocenters. The normalized spacial score (nSPS) is 10.0. The SMILES string of the molecule is O=C(NCCCCBr)c1ccccc1F. The third kappa shape index (κ3) is 4.00. The third-order valence-electron chi connectivity index (χ3n) is 1.96. The molecule has 1 amide bonds. The summed E-state index contributed by atoms with van der Waals surface area (Å²) in [4.78, 5) is 11.5. The molecule has 15 heavy (non-hydrogen) atoms. The summed E-state index contributed by atoms with van der Waals surface area (Å²) in [5.74, 6) is -0.821. The average molecular weight is 274 g/mol. The number of hydrogen-bond acceptors (Lipinski definition) is 1. The van der Waals surface area contributed by atoms with Crippen molar-refractivity contribution in [3.05, 3.63) is 35.6 Å². The highest BCUT2D eigenvalue weighted by Crippen LogP contribution is 2.05. The van der Waals surface area contributed by atoms with E-state index in [2.05, 4.69) is 21.2 Å². The van der Waals surface area contributed by atoms with Crippen molar-refractivity contribution in [1.29, 1.82) is 0 Å². The molecular weight excluding hydrogens is 261 g/mol. The molecule has 82 valence electrons. The predicted octanol–water partition coefficient (Wildman–Crippen LogP) is 2.73. The second kappa shape index (κ2) is 6.56. The molecule has 0 radical (unpaired) electrons. The largest absolute Gasteiger partial charge is 0.352 e. The van der Waals surface area contributed by atoms with Gasteiger partial charge in [0.2, 0.25) is 0 Å². The predicted molar refractivity (Wildman–Crippen MR) is 61.8 cm³/mol. The lowest BCUT2D eigenvalue weighted by atomic mass is 10.2. The van der Waals surface area contributed by atoms with Crippen molar-refractivity contribution in [2.75, 3.05) is 11.9 Å². The minimum absolute atomic E-state index is 0.108. The van der Waals surface area contributed by atoms with Crippen molar-refractivity contribution in [1.82, 2.24) is 5.32 Å². The van der Waals surface area contributed by atoms with Crippen LogP contribution in [0.25, 0.3) is 0 Å². The Bertz CT molecular complexity index is 330. The van der Waals surface area contributed by atoms with Crippen molar-refractivity contribution >= 4 is 21.8 Å². The Balaban J connectivity index is 2.44. The van der Waals surface area contributed by atoms with Gasteiger partial charge < -0.3 is 5.32 Å². The number of carbonyl (C=O) groups is 1. The van der Waals surface area contributed by atoms with Gasteiger partial charge in [-0.2, -0.15) is 0 Å². The van der Waals surface area contributed by atoms with Crippen LogP contribution in [-0.4, -0.2) is 17.8 Å². The number of alkyl halides is 1. The molecule has 4 heteroatoms. The molecule has 2 nitrogen and oxygen atoms in total. The van der Waals surface area contributed by atoms with Crippen LogP contribution < -0.4 is 5.32 Å². The Morgan fingerprint density at radius 2 is 2.07 bits per heavy atom. The highest BCUT2D eigenvalue weighted by atomic mass is 79.9. The molecule has 0 aromatic heterocycles. The maximum atomic E-state index is 13.1. The van der Waals surface area contributed by atoms with E-state index in [4.69, 9.17) is 0 Å². The number of rotatable bonds is 5. The van der Waals surface area contributed by atoms with Gasteiger partial charge in [0.15, 0.2) is 0 Å². The molecule has 0 atom stereocenters. The van der Waals surface area contributed by atoms with E-state index in [-0.39, 0.29) is 11.5 Å². The van der Waals surface area contributed by atoms with Crippen LogP contribution in [0.15, 0.2) is 24.3 Å². The van der Waals surface area contributed by atoms with Crippen LogP contribution in [0.3, 0.4) is 0 Å².